The van der Waals surface area contributed by atoms with Crippen molar-refractivity contribution in [3.05, 3.63) is 17.0 Å². The number of carbonyl (C=O) groups is 2. The lowest BCUT2D eigenvalue weighted by molar-refractivity contribution is -0.161. The molecule has 0 aromatic carbocycles. The van der Waals surface area contributed by atoms with Crippen molar-refractivity contribution in [2.75, 3.05) is 39.8 Å². The molecule has 1 aromatic rings. The molecule has 8 heteroatoms. The molecule has 202 valence electrons. The second-order valence-corrected chi connectivity index (χ2v) is 11.9. The van der Waals surface area contributed by atoms with E-state index in [-0.39, 0.29) is 17.9 Å². The minimum atomic E-state index is -0.696. The second kappa shape index (κ2) is 11.2. The molecule has 8 nitrogen and oxygen atoms in total. The molecule has 3 saturated heterocycles. The lowest BCUT2D eigenvalue weighted by Crippen LogP contribution is -2.73. The fraction of sp³-hybridized carbons (Fsp3) is 0.821. The first-order valence-corrected chi connectivity index (χ1v) is 14.2. The topological polar surface area (TPSA) is 73.7 Å². The van der Waals surface area contributed by atoms with Gasteiger partial charge in [0.2, 0.25) is 11.8 Å². The van der Waals surface area contributed by atoms with E-state index in [0.717, 1.165) is 64.1 Å². The van der Waals surface area contributed by atoms with Gasteiger partial charge in [0.15, 0.2) is 0 Å². The molecule has 1 spiro atoms. The normalized spacial score (nSPS) is 24.2. The molecule has 1 atom stereocenters. The van der Waals surface area contributed by atoms with E-state index in [1.165, 1.54) is 11.3 Å². The van der Waals surface area contributed by atoms with Crippen molar-refractivity contribution in [3.8, 4) is 0 Å². The molecular weight excluding hydrogens is 452 g/mol. The molecule has 4 rings (SSSR count). The highest BCUT2D eigenvalue weighted by atomic mass is 16.2. The summed E-state index contributed by atoms with van der Waals surface area (Å²) in [6.07, 6.45) is 6.36. The number of nitrogens with one attached hydrogen (secondary N) is 1. The van der Waals surface area contributed by atoms with Crippen molar-refractivity contribution < 1.29 is 9.59 Å². The minimum absolute atomic E-state index is 0.0611. The molecule has 0 radical (unpaired) electrons. The van der Waals surface area contributed by atoms with Crippen molar-refractivity contribution in [2.45, 2.75) is 104 Å². The number of amides is 2. The van der Waals surface area contributed by atoms with E-state index >= 15 is 0 Å². The van der Waals surface area contributed by atoms with Crippen LogP contribution in [0.5, 0.6) is 0 Å². The van der Waals surface area contributed by atoms with E-state index in [1.807, 2.05) is 4.90 Å². The number of carbonyl (C=O) groups excluding carboxylic acids is 2. The van der Waals surface area contributed by atoms with Crippen LogP contribution < -0.4 is 5.32 Å². The highest BCUT2D eigenvalue weighted by Gasteiger charge is 2.53. The highest BCUT2D eigenvalue weighted by molar-refractivity contribution is 6.00. The van der Waals surface area contributed by atoms with Crippen molar-refractivity contribution in [1.82, 2.24) is 29.8 Å². The smallest absolute Gasteiger partial charge is 0.246 e. The Bertz CT molecular complexity index is 925. The van der Waals surface area contributed by atoms with E-state index in [0.29, 0.717) is 37.8 Å². The zero-order valence-corrected chi connectivity index (χ0v) is 23.5. The minimum Gasteiger partial charge on any atom is -0.342 e. The summed E-state index contributed by atoms with van der Waals surface area (Å²) in [5.74, 6) is 0.548. The molecule has 3 fully saturated rings. The van der Waals surface area contributed by atoms with Crippen LogP contribution in [0.2, 0.25) is 0 Å². The monoisotopic (exact) mass is 500 g/mol. The Hall–Kier alpha value is -1.93. The SMILES string of the molecule is CCCCN1C(=O)C(CC(C)C)NC(=O)C12CCN(Cc1c(C)nn(C3CCN(C)CC3)c1C)CC2. The second-order valence-electron chi connectivity index (χ2n) is 11.9. The van der Waals surface area contributed by atoms with Crippen LogP contribution in [-0.2, 0) is 16.1 Å². The van der Waals surface area contributed by atoms with Gasteiger partial charge in [0.05, 0.1) is 11.7 Å². The summed E-state index contributed by atoms with van der Waals surface area (Å²) < 4.78 is 2.28. The Labute approximate surface area is 217 Å². The summed E-state index contributed by atoms with van der Waals surface area (Å²) in [4.78, 5) is 33.8. The molecule has 3 aliphatic heterocycles. The molecule has 0 aliphatic carbocycles. The van der Waals surface area contributed by atoms with Gasteiger partial charge in [-0.2, -0.15) is 5.10 Å². The summed E-state index contributed by atoms with van der Waals surface area (Å²) in [7, 11) is 2.19. The van der Waals surface area contributed by atoms with Crippen molar-refractivity contribution in [2.24, 2.45) is 5.92 Å². The maximum Gasteiger partial charge on any atom is 0.246 e. The van der Waals surface area contributed by atoms with Crippen LogP contribution >= 0.6 is 0 Å². The average molecular weight is 501 g/mol. The van der Waals surface area contributed by atoms with Crippen LogP contribution in [0.4, 0.5) is 0 Å². The van der Waals surface area contributed by atoms with E-state index in [9.17, 15) is 9.59 Å². The van der Waals surface area contributed by atoms with Gasteiger partial charge in [-0.1, -0.05) is 27.2 Å². The molecule has 0 bridgehead atoms. The fourth-order valence-corrected chi connectivity index (χ4v) is 6.47. The van der Waals surface area contributed by atoms with Crippen LogP contribution in [0.15, 0.2) is 0 Å². The number of nitrogens with zero attached hydrogens (tertiary/aromatic N) is 5. The van der Waals surface area contributed by atoms with Crippen LogP contribution in [0.3, 0.4) is 0 Å². The van der Waals surface area contributed by atoms with Gasteiger partial charge in [0.25, 0.3) is 0 Å². The van der Waals surface area contributed by atoms with Gasteiger partial charge < -0.3 is 15.1 Å². The quantitative estimate of drug-likeness (QED) is 0.593. The summed E-state index contributed by atoms with van der Waals surface area (Å²) in [5.41, 5.74) is 3.04. The maximum absolute atomic E-state index is 13.5. The number of piperazine rings is 1. The number of piperidine rings is 2. The number of hydrogen-bond donors (Lipinski definition) is 1. The Kier molecular flexibility index (Phi) is 8.45. The zero-order valence-electron chi connectivity index (χ0n) is 23.5. The van der Waals surface area contributed by atoms with Crippen molar-refractivity contribution >= 4 is 11.8 Å². The van der Waals surface area contributed by atoms with E-state index in [2.05, 4.69) is 61.5 Å². The number of hydrogen-bond acceptors (Lipinski definition) is 5. The predicted octanol–water partition coefficient (Wildman–Crippen LogP) is 3.27. The Morgan fingerprint density at radius 2 is 1.75 bits per heavy atom. The highest BCUT2D eigenvalue weighted by Crippen LogP contribution is 2.35. The molecule has 1 aromatic heterocycles. The number of unbranched alkanes of at least 4 members (excludes halogenated alkanes) is 1. The molecular formula is C28H48N6O2. The Morgan fingerprint density at radius 1 is 1.08 bits per heavy atom. The molecule has 4 heterocycles. The van der Waals surface area contributed by atoms with Crippen LogP contribution in [0.1, 0.15) is 88.7 Å². The van der Waals surface area contributed by atoms with Crippen LogP contribution in [0, 0.1) is 19.8 Å². The summed E-state index contributed by atoms with van der Waals surface area (Å²) in [6, 6.07) is 0.106. The first kappa shape index (κ1) is 27.1. The largest absolute Gasteiger partial charge is 0.342 e. The Balaban J connectivity index is 1.45. The van der Waals surface area contributed by atoms with Crippen LogP contribution in [0.25, 0.3) is 0 Å². The Morgan fingerprint density at radius 3 is 2.36 bits per heavy atom. The third kappa shape index (κ3) is 5.35. The first-order chi connectivity index (χ1) is 17.2. The fourth-order valence-electron chi connectivity index (χ4n) is 6.47. The van der Waals surface area contributed by atoms with E-state index in [4.69, 9.17) is 5.10 Å². The van der Waals surface area contributed by atoms with Gasteiger partial charge in [-0.05, 0) is 78.4 Å². The van der Waals surface area contributed by atoms with Gasteiger partial charge in [-0.15, -0.1) is 0 Å². The molecule has 36 heavy (non-hydrogen) atoms. The molecule has 1 unspecified atom stereocenters. The molecule has 3 aliphatic rings. The van der Waals surface area contributed by atoms with Crippen molar-refractivity contribution in [1.29, 1.82) is 0 Å². The molecule has 2 amide bonds. The van der Waals surface area contributed by atoms with E-state index in [1.54, 1.807) is 0 Å². The maximum atomic E-state index is 13.5. The average Bonchev–Trinajstić information content (AvgIpc) is 3.12. The third-order valence-corrected chi connectivity index (χ3v) is 8.82. The standard InChI is InChI=1S/C28H48N6O2/c1-7-8-13-33-26(35)25(18-20(2)3)29-27(36)28(33)11-16-32(17-12-28)19-24-21(4)30-34(22(24)5)23-9-14-31(6)15-10-23/h20,23,25H,7-19H2,1-6H3,(H,29,36). The number of rotatable bonds is 8. The van der Waals surface area contributed by atoms with Gasteiger partial charge >= 0.3 is 0 Å². The molecule has 1 N–H and O–H groups in total. The lowest BCUT2D eigenvalue weighted by atomic mass is 9.80. The van der Waals surface area contributed by atoms with Gasteiger partial charge in [-0.25, -0.2) is 0 Å². The zero-order chi connectivity index (χ0) is 26.0. The first-order valence-electron chi connectivity index (χ1n) is 14.2. The summed E-state index contributed by atoms with van der Waals surface area (Å²) >= 11 is 0. The predicted molar refractivity (Wildman–Crippen MR) is 143 cm³/mol. The number of aromatic nitrogens is 2. The van der Waals surface area contributed by atoms with Crippen LogP contribution in [-0.4, -0.2) is 87.6 Å². The van der Waals surface area contributed by atoms with E-state index < -0.39 is 5.54 Å². The summed E-state index contributed by atoms with van der Waals surface area (Å²) in [6.45, 7) is 16.1. The van der Waals surface area contributed by atoms with Gasteiger partial charge in [0, 0.05) is 37.4 Å². The molecule has 0 saturated carbocycles. The number of likely N-dealkylation sites (tertiary alicyclic amines) is 2. The van der Waals surface area contributed by atoms with Crippen molar-refractivity contribution in [3.63, 3.8) is 0 Å². The lowest BCUT2D eigenvalue weighted by Gasteiger charge is -2.52. The summed E-state index contributed by atoms with van der Waals surface area (Å²) in [5, 5.41) is 8.09. The number of aryl methyl sites for hydroxylation is 1. The van der Waals surface area contributed by atoms with Gasteiger partial charge in [0.1, 0.15) is 11.6 Å². The third-order valence-electron chi connectivity index (χ3n) is 8.82. The van der Waals surface area contributed by atoms with Gasteiger partial charge in [-0.3, -0.25) is 19.2 Å².